The van der Waals surface area contributed by atoms with Crippen molar-refractivity contribution < 1.29 is 33.7 Å². The van der Waals surface area contributed by atoms with Gasteiger partial charge in [-0.05, 0) is 35.6 Å². The number of amides is 2. The number of carbonyl (C=O) groups is 3. The summed E-state index contributed by atoms with van der Waals surface area (Å²) in [6.07, 6.45) is 2.12. The molecule has 0 saturated heterocycles. The van der Waals surface area contributed by atoms with Crippen molar-refractivity contribution in [2.24, 2.45) is 5.92 Å². The van der Waals surface area contributed by atoms with Crippen LogP contribution in [0.4, 0.5) is 4.79 Å². The molecule has 2 unspecified atom stereocenters. The highest BCUT2D eigenvalue weighted by Gasteiger charge is 2.49. The molecule has 1 aromatic heterocycles. The van der Waals surface area contributed by atoms with Gasteiger partial charge in [-0.3, -0.25) is 9.36 Å². The molecule has 2 amide bonds. The second-order valence-electron chi connectivity index (χ2n) is 11.2. The zero-order valence-corrected chi connectivity index (χ0v) is 25.0. The predicted octanol–water partition coefficient (Wildman–Crippen LogP) is 5.21. The number of carbonyl (C=O) groups excluding carboxylic acids is 2. The molecular formula is C33H36N3O7P. The third-order valence-corrected chi connectivity index (χ3v) is 11.0. The lowest BCUT2D eigenvalue weighted by molar-refractivity contribution is -0.142. The Kier molecular flexibility index (Phi) is 9.82. The summed E-state index contributed by atoms with van der Waals surface area (Å²) in [5.41, 5.74) is 2.13. The molecule has 5 atom stereocenters. The van der Waals surface area contributed by atoms with Crippen LogP contribution in [0, 0.1) is 5.92 Å². The van der Waals surface area contributed by atoms with Gasteiger partial charge in [0, 0.05) is 41.5 Å². The lowest BCUT2D eigenvalue weighted by Crippen LogP contribution is -2.47. The molecule has 5 N–H and O–H groups in total. The quantitative estimate of drug-likeness (QED) is 0.137. The summed E-state index contributed by atoms with van der Waals surface area (Å²) in [6, 6.07) is 24.4. The number of aromatic nitrogens is 1. The molecule has 1 aliphatic carbocycles. The first-order chi connectivity index (χ1) is 21.2. The first kappa shape index (κ1) is 31.0. The van der Waals surface area contributed by atoms with Gasteiger partial charge in [0.2, 0.25) is 13.3 Å². The maximum Gasteiger partial charge on any atom is 0.408 e. The number of aliphatic carboxylic acids is 1. The van der Waals surface area contributed by atoms with Crippen molar-refractivity contribution in [2.45, 2.75) is 56.2 Å². The first-order valence-electron chi connectivity index (χ1n) is 14.6. The van der Waals surface area contributed by atoms with E-state index in [2.05, 4.69) is 15.6 Å². The first-order valence-corrected chi connectivity index (χ1v) is 16.4. The molecule has 5 rings (SSSR count). The summed E-state index contributed by atoms with van der Waals surface area (Å²) in [5, 5.41) is 16.1. The van der Waals surface area contributed by atoms with Gasteiger partial charge >= 0.3 is 12.1 Å². The van der Waals surface area contributed by atoms with E-state index in [9.17, 15) is 28.9 Å². The SMILES string of the molecule is O=C(N[C@@H](Cc1ccccc1)P(=O)(O)C1CCC[C@H]1C(=O)N[C@@H](Cc1c[nH]c2ccccc12)C(=O)O)OCc1ccccc1. The lowest BCUT2D eigenvalue weighted by Gasteiger charge is -2.31. The molecule has 10 nitrogen and oxygen atoms in total. The number of hydrogen-bond acceptors (Lipinski definition) is 5. The minimum atomic E-state index is -4.26. The monoisotopic (exact) mass is 617 g/mol. The van der Waals surface area contributed by atoms with Crippen LogP contribution in [0.25, 0.3) is 10.9 Å². The number of nitrogens with one attached hydrogen (secondary N) is 3. The number of aromatic amines is 1. The third-order valence-electron chi connectivity index (χ3n) is 8.22. The van der Waals surface area contributed by atoms with Gasteiger partial charge in [0.1, 0.15) is 18.4 Å². The van der Waals surface area contributed by atoms with Crippen molar-refractivity contribution in [2.75, 3.05) is 0 Å². The average molecular weight is 618 g/mol. The van der Waals surface area contributed by atoms with Crippen LogP contribution < -0.4 is 10.6 Å². The van der Waals surface area contributed by atoms with E-state index in [4.69, 9.17) is 4.74 Å². The summed E-state index contributed by atoms with van der Waals surface area (Å²) in [7, 11) is -4.26. The standard InChI is InChI=1S/C33H36N3O7P/c37-31(35-28(32(38)39)19-24-20-34-27-16-8-7-14-25(24)27)26-15-9-17-29(26)44(41,42)30(18-22-10-3-1-4-11-22)36-33(40)43-21-23-12-5-2-6-13-23/h1-8,10-14,16,20,26,28-30,34H,9,15,17-19,21H2,(H,35,37)(H,36,40)(H,38,39)(H,41,42)/t26-,28+,29?,30-/m1/s1. The zero-order chi connectivity index (χ0) is 31.1. The van der Waals surface area contributed by atoms with E-state index < -0.39 is 48.7 Å². The molecule has 0 spiro atoms. The Balaban J connectivity index is 1.31. The summed E-state index contributed by atoms with van der Waals surface area (Å²) in [5.74, 6) is -3.89. The Morgan fingerprint density at radius 2 is 1.55 bits per heavy atom. The number of hydrogen-bond donors (Lipinski definition) is 5. The van der Waals surface area contributed by atoms with E-state index >= 15 is 0 Å². The van der Waals surface area contributed by atoms with E-state index in [0.717, 1.165) is 27.6 Å². The Morgan fingerprint density at radius 3 is 2.25 bits per heavy atom. The van der Waals surface area contributed by atoms with Crippen LogP contribution in [0.1, 0.15) is 36.0 Å². The van der Waals surface area contributed by atoms with E-state index in [-0.39, 0.29) is 25.9 Å². The van der Waals surface area contributed by atoms with Crippen LogP contribution in [0.5, 0.6) is 0 Å². The Labute approximate surface area is 255 Å². The number of para-hydroxylation sites is 1. The Morgan fingerprint density at radius 1 is 0.886 bits per heavy atom. The highest BCUT2D eigenvalue weighted by molar-refractivity contribution is 7.59. The normalized spacial score (nSPS) is 19.0. The van der Waals surface area contributed by atoms with Gasteiger partial charge in [0.05, 0.1) is 0 Å². The van der Waals surface area contributed by atoms with Gasteiger partial charge in [-0.2, -0.15) is 0 Å². The fraction of sp³-hybridized carbons (Fsp3) is 0.303. The van der Waals surface area contributed by atoms with E-state index in [1.54, 1.807) is 42.6 Å². The molecule has 1 saturated carbocycles. The van der Waals surface area contributed by atoms with Gasteiger partial charge < -0.3 is 30.4 Å². The topological polar surface area (TPSA) is 158 Å². The summed E-state index contributed by atoms with van der Waals surface area (Å²) >= 11 is 0. The van der Waals surface area contributed by atoms with Gasteiger partial charge in [-0.25, -0.2) is 9.59 Å². The molecule has 0 radical (unpaired) electrons. The van der Waals surface area contributed by atoms with Crippen molar-refractivity contribution >= 4 is 36.2 Å². The van der Waals surface area contributed by atoms with Crippen LogP contribution in [-0.2, 0) is 38.3 Å². The molecule has 1 heterocycles. The van der Waals surface area contributed by atoms with E-state index in [0.29, 0.717) is 12.8 Å². The van der Waals surface area contributed by atoms with Crippen LogP contribution >= 0.6 is 7.37 Å². The number of fused-ring (bicyclic) bond motifs is 1. The van der Waals surface area contributed by atoms with E-state index in [1.165, 1.54) is 0 Å². The van der Waals surface area contributed by atoms with Crippen LogP contribution in [-0.4, -0.2) is 50.4 Å². The Bertz CT molecular complexity index is 1640. The van der Waals surface area contributed by atoms with Gasteiger partial charge in [-0.1, -0.05) is 85.3 Å². The fourth-order valence-electron chi connectivity index (χ4n) is 5.93. The minimum absolute atomic E-state index is 0.0120. The molecule has 44 heavy (non-hydrogen) atoms. The average Bonchev–Trinajstić information content (AvgIpc) is 3.69. The van der Waals surface area contributed by atoms with Crippen molar-refractivity contribution in [3.05, 3.63) is 108 Å². The number of rotatable bonds is 12. The number of carboxylic acids is 1. The second-order valence-corrected chi connectivity index (χ2v) is 13.8. The second kappa shape index (κ2) is 13.9. The van der Waals surface area contributed by atoms with Gasteiger partial charge in [0.25, 0.3) is 0 Å². The maximum atomic E-state index is 14.3. The van der Waals surface area contributed by atoms with Crippen molar-refractivity contribution in [3.8, 4) is 0 Å². The Hall–Kier alpha value is -4.40. The predicted molar refractivity (Wildman–Crippen MR) is 166 cm³/mol. The van der Waals surface area contributed by atoms with Gasteiger partial charge in [0.15, 0.2) is 0 Å². The molecule has 0 aliphatic heterocycles. The summed E-state index contributed by atoms with van der Waals surface area (Å²) in [6.45, 7) is -0.0120. The van der Waals surface area contributed by atoms with Crippen molar-refractivity contribution in [3.63, 3.8) is 0 Å². The van der Waals surface area contributed by atoms with Crippen molar-refractivity contribution in [1.29, 1.82) is 0 Å². The smallest absolute Gasteiger partial charge is 0.408 e. The largest absolute Gasteiger partial charge is 0.480 e. The maximum absolute atomic E-state index is 14.3. The highest BCUT2D eigenvalue weighted by atomic mass is 31.2. The number of carboxylic acid groups (broad SMARTS) is 1. The molecule has 230 valence electrons. The third kappa shape index (κ3) is 7.38. The van der Waals surface area contributed by atoms with Crippen LogP contribution in [0.2, 0.25) is 0 Å². The van der Waals surface area contributed by atoms with Crippen LogP contribution in [0.3, 0.4) is 0 Å². The zero-order valence-electron chi connectivity index (χ0n) is 24.1. The molecular weight excluding hydrogens is 581 g/mol. The summed E-state index contributed by atoms with van der Waals surface area (Å²) < 4.78 is 19.6. The minimum Gasteiger partial charge on any atom is -0.480 e. The number of H-pyrrole nitrogens is 1. The number of alkyl carbamates (subject to hydrolysis) is 1. The van der Waals surface area contributed by atoms with Gasteiger partial charge in [-0.15, -0.1) is 0 Å². The highest BCUT2D eigenvalue weighted by Crippen LogP contribution is 2.58. The summed E-state index contributed by atoms with van der Waals surface area (Å²) in [4.78, 5) is 53.3. The van der Waals surface area contributed by atoms with Crippen LogP contribution in [0.15, 0.2) is 91.1 Å². The van der Waals surface area contributed by atoms with E-state index in [1.807, 2.05) is 48.5 Å². The number of ether oxygens (including phenoxy) is 1. The molecule has 11 heteroatoms. The lowest BCUT2D eigenvalue weighted by atomic mass is 10.0. The van der Waals surface area contributed by atoms with Crippen molar-refractivity contribution in [1.82, 2.24) is 15.6 Å². The molecule has 1 aliphatic rings. The number of benzene rings is 3. The molecule has 4 aromatic rings. The fourth-order valence-corrected chi connectivity index (χ4v) is 8.51. The molecule has 1 fully saturated rings. The molecule has 3 aromatic carbocycles. The molecule has 0 bridgehead atoms.